The van der Waals surface area contributed by atoms with Crippen molar-refractivity contribution in [2.45, 2.75) is 52.6 Å². The SMILES string of the molecule is CCn1nc(C)cc1C(=O)NC(C)(CC)CCN. The zero-order chi connectivity index (χ0) is 13.8. The van der Waals surface area contributed by atoms with Crippen molar-refractivity contribution in [3.05, 3.63) is 17.5 Å². The Bertz CT molecular complexity index is 413. The van der Waals surface area contributed by atoms with Gasteiger partial charge in [-0.3, -0.25) is 9.48 Å². The summed E-state index contributed by atoms with van der Waals surface area (Å²) in [7, 11) is 0. The molecular formula is C13H24N4O. The van der Waals surface area contributed by atoms with Crippen LogP contribution < -0.4 is 11.1 Å². The molecule has 0 radical (unpaired) electrons. The number of rotatable bonds is 6. The third-order valence-corrected chi connectivity index (χ3v) is 3.33. The van der Waals surface area contributed by atoms with Gasteiger partial charge in [0.1, 0.15) is 5.69 Å². The first-order chi connectivity index (χ1) is 8.45. The quantitative estimate of drug-likeness (QED) is 0.805. The van der Waals surface area contributed by atoms with E-state index in [9.17, 15) is 4.79 Å². The van der Waals surface area contributed by atoms with Gasteiger partial charge in [0.2, 0.25) is 0 Å². The minimum atomic E-state index is -0.247. The summed E-state index contributed by atoms with van der Waals surface area (Å²) in [5.41, 5.74) is 6.83. The van der Waals surface area contributed by atoms with E-state index in [2.05, 4.69) is 17.3 Å². The Hall–Kier alpha value is -1.36. The normalized spacial score (nSPS) is 14.3. The van der Waals surface area contributed by atoms with Gasteiger partial charge in [-0.15, -0.1) is 0 Å². The average molecular weight is 252 g/mol. The summed E-state index contributed by atoms with van der Waals surface area (Å²) >= 11 is 0. The molecule has 0 aromatic carbocycles. The monoisotopic (exact) mass is 252 g/mol. The van der Waals surface area contributed by atoms with Gasteiger partial charge in [-0.05, 0) is 46.2 Å². The highest BCUT2D eigenvalue weighted by molar-refractivity contribution is 5.93. The predicted octanol–water partition coefficient (Wildman–Crippen LogP) is 1.46. The van der Waals surface area contributed by atoms with Crippen LogP contribution in [0.3, 0.4) is 0 Å². The predicted molar refractivity (Wildman–Crippen MR) is 72.5 cm³/mol. The van der Waals surface area contributed by atoms with E-state index in [0.717, 1.165) is 18.5 Å². The Morgan fingerprint density at radius 2 is 2.22 bits per heavy atom. The van der Waals surface area contributed by atoms with E-state index in [1.807, 2.05) is 26.8 Å². The van der Waals surface area contributed by atoms with Crippen molar-refractivity contribution in [1.29, 1.82) is 0 Å². The zero-order valence-corrected chi connectivity index (χ0v) is 11.8. The first-order valence-electron chi connectivity index (χ1n) is 6.52. The third-order valence-electron chi connectivity index (χ3n) is 3.33. The molecule has 0 bridgehead atoms. The Morgan fingerprint density at radius 1 is 1.56 bits per heavy atom. The Labute approximate surface area is 109 Å². The van der Waals surface area contributed by atoms with Crippen molar-refractivity contribution in [3.63, 3.8) is 0 Å². The molecule has 0 spiro atoms. The molecule has 1 aromatic rings. The van der Waals surface area contributed by atoms with Crippen LogP contribution in [0.1, 0.15) is 49.8 Å². The molecule has 0 fully saturated rings. The van der Waals surface area contributed by atoms with Crippen molar-refractivity contribution in [2.24, 2.45) is 5.73 Å². The highest BCUT2D eigenvalue weighted by Gasteiger charge is 2.25. The number of aromatic nitrogens is 2. The van der Waals surface area contributed by atoms with Crippen LogP contribution in [-0.4, -0.2) is 27.8 Å². The molecule has 18 heavy (non-hydrogen) atoms. The highest BCUT2D eigenvalue weighted by Crippen LogP contribution is 2.15. The molecule has 1 aromatic heterocycles. The van der Waals surface area contributed by atoms with Crippen molar-refractivity contribution in [1.82, 2.24) is 15.1 Å². The van der Waals surface area contributed by atoms with Gasteiger partial charge in [-0.1, -0.05) is 6.92 Å². The molecule has 0 aliphatic carbocycles. The van der Waals surface area contributed by atoms with E-state index in [1.54, 1.807) is 4.68 Å². The van der Waals surface area contributed by atoms with Crippen LogP contribution in [0.15, 0.2) is 6.07 Å². The second-order valence-corrected chi connectivity index (χ2v) is 4.89. The number of carbonyl (C=O) groups is 1. The van der Waals surface area contributed by atoms with Gasteiger partial charge in [0.15, 0.2) is 0 Å². The number of amides is 1. The van der Waals surface area contributed by atoms with E-state index in [0.29, 0.717) is 18.8 Å². The van der Waals surface area contributed by atoms with Gasteiger partial charge in [-0.2, -0.15) is 5.10 Å². The van der Waals surface area contributed by atoms with Gasteiger partial charge in [0.25, 0.3) is 5.91 Å². The molecular weight excluding hydrogens is 228 g/mol. The molecule has 3 N–H and O–H groups in total. The summed E-state index contributed by atoms with van der Waals surface area (Å²) in [6.07, 6.45) is 1.63. The maximum Gasteiger partial charge on any atom is 0.269 e. The number of nitrogens with two attached hydrogens (primary N) is 1. The molecule has 0 aliphatic heterocycles. The lowest BCUT2D eigenvalue weighted by molar-refractivity contribution is 0.0889. The molecule has 1 atom stereocenters. The maximum absolute atomic E-state index is 12.3. The van der Waals surface area contributed by atoms with E-state index >= 15 is 0 Å². The zero-order valence-electron chi connectivity index (χ0n) is 11.8. The molecule has 0 saturated heterocycles. The number of nitrogens with zero attached hydrogens (tertiary/aromatic N) is 2. The molecule has 1 heterocycles. The molecule has 0 saturated carbocycles. The van der Waals surface area contributed by atoms with Crippen LogP contribution in [0.4, 0.5) is 0 Å². The van der Waals surface area contributed by atoms with E-state index < -0.39 is 0 Å². The minimum Gasteiger partial charge on any atom is -0.346 e. The fraction of sp³-hybridized carbons (Fsp3) is 0.692. The summed E-state index contributed by atoms with van der Waals surface area (Å²) in [5.74, 6) is -0.0738. The summed E-state index contributed by atoms with van der Waals surface area (Å²) in [6, 6.07) is 1.82. The third kappa shape index (κ3) is 3.32. The molecule has 1 amide bonds. The smallest absolute Gasteiger partial charge is 0.269 e. The van der Waals surface area contributed by atoms with Gasteiger partial charge in [-0.25, -0.2) is 0 Å². The number of hydrogen-bond acceptors (Lipinski definition) is 3. The molecule has 1 unspecified atom stereocenters. The van der Waals surface area contributed by atoms with Crippen molar-refractivity contribution in [2.75, 3.05) is 6.54 Å². The Kier molecular flexibility index (Phi) is 4.90. The lowest BCUT2D eigenvalue weighted by atomic mass is 9.94. The molecule has 5 heteroatoms. The van der Waals surface area contributed by atoms with Crippen molar-refractivity contribution < 1.29 is 4.79 Å². The lowest BCUT2D eigenvalue weighted by Gasteiger charge is -2.29. The first kappa shape index (κ1) is 14.7. The summed E-state index contributed by atoms with van der Waals surface area (Å²) < 4.78 is 1.73. The van der Waals surface area contributed by atoms with Gasteiger partial charge < -0.3 is 11.1 Å². The van der Waals surface area contributed by atoms with E-state index in [-0.39, 0.29) is 11.4 Å². The van der Waals surface area contributed by atoms with Crippen LogP contribution in [0.25, 0.3) is 0 Å². The van der Waals surface area contributed by atoms with Gasteiger partial charge >= 0.3 is 0 Å². The minimum absolute atomic E-state index is 0.0738. The van der Waals surface area contributed by atoms with Crippen LogP contribution in [0.5, 0.6) is 0 Å². The van der Waals surface area contributed by atoms with Gasteiger partial charge in [0, 0.05) is 12.1 Å². The Balaban J connectivity index is 2.87. The summed E-state index contributed by atoms with van der Waals surface area (Å²) in [5, 5.41) is 7.35. The number of hydrogen-bond donors (Lipinski definition) is 2. The van der Waals surface area contributed by atoms with Crippen molar-refractivity contribution >= 4 is 5.91 Å². The van der Waals surface area contributed by atoms with Crippen LogP contribution >= 0.6 is 0 Å². The second-order valence-electron chi connectivity index (χ2n) is 4.89. The molecule has 5 nitrogen and oxygen atoms in total. The van der Waals surface area contributed by atoms with E-state index in [1.165, 1.54) is 0 Å². The fourth-order valence-electron chi connectivity index (χ4n) is 1.95. The van der Waals surface area contributed by atoms with Crippen molar-refractivity contribution in [3.8, 4) is 0 Å². The standard InChI is InChI=1S/C13H24N4O/c1-5-13(4,7-8-14)15-12(18)11-9-10(3)16-17(11)6-2/h9H,5-8,14H2,1-4H3,(H,15,18). The largest absolute Gasteiger partial charge is 0.346 e. The maximum atomic E-state index is 12.3. The van der Waals surface area contributed by atoms with Crippen LogP contribution in [0, 0.1) is 6.92 Å². The summed E-state index contributed by atoms with van der Waals surface area (Å²) in [4.78, 5) is 12.3. The topological polar surface area (TPSA) is 72.9 Å². The van der Waals surface area contributed by atoms with Crippen LogP contribution in [0.2, 0.25) is 0 Å². The van der Waals surface area contributed by atoms with E-state index in [4.69, 9.17) is 5.73 Å². The number of nitrogens with one attached hydrogen (secondary N) is 1. The fourth-order valence-corrected chi connectivity index (χ4v) is 1.95. The van der Waals surface area contributed by atoms with Crippen LogP contribution in [-0.2, 0) is 6.54 Å². The molecule has 102 valence electrons. The lowest BCUT2D eigenvalue weighted by Crippen LogP contribution is -2.47. The number of aryl methyl sites for hydroxylation is 2. The molecule has 1 rings (SSSR count). The summed E-state index contributed by atoms with van der Waals surface area (Å²) in [6.45, 7) is 9.20. The Morgan fingerprint density at radius 3 is 2.72 bits per heavy atom. The molecule has 0 aliphatic rings. The number of carbonyl (C=O) groups excluding carboxylic acids is 1. The highest BCUT2D eigenvalue weighted by atomic mass is 16.2. The first-order valence-corrected chi connectivity index (χ1v) is 6.52. The van der Waals surface area contributed by atoms with Gasteiger partial charge in [0.05, 0.1) is 5.69 Å². The average Bonchev–Trinajstić information content (AvgIpc) is 2.71. The second kappa shape index (κ2) is 6.00.